The molecule has 2 unspecified atom stereocenters. The minimum Gasteiger partial charge on any atom is -0.463 e. The maximum Gasteiger partial charge on any atom is 0.153 e. The van der Waals surface area contributed by atoms with Crippen molar-refractivity contribution >= 4 is 21.9 Å². The van der Waals surface area contributed by atoms with Crippen molar-refractivity contribution in [2.24, 2.45) is 0 Å². The third-order valence-corrected chi connectivity index (χ3v) is 4.72. The number of ether oxygens (including phenoxy) is 1. The van der Waals surface area contributed by atoms with Crippen LogP contribution in [-0.4, -0.2) is 37.3 Å². The molecule has 0 spiro atoms. The van der Waals surface area contributed by atoms with Gasteiger partial charge in [0.25, 0.3) is 0 Å². The molecular formula is C18H16N4O3. The predicted molar refractivity (Wildman–Crippen MR) is 90.8 cm³/mol. The Labute approximate surface area is 142 Å². The summed E-state index contributed by atoms with van der Waals surface area (Å²) in [4.78, 5) is 13.2. The summed E-state index contributed by atoms with van der Waals surface area (Å²) in [5.41, 5.74) is 2.48. The van der Waals surface area contributed by atoms with Crippen molar-refractivity contribution < 1.29 is 14.3 Å². The fraction of sp³-hybridized carbons (Fsp3) is 0.278. The van der Waals surface area contributed by atoms with Gasteiger partial charge in [-0.15, -0.1) is 0 Å². The maximum atomic E-state index is 9.39. The van der Waals surface area contributed by atoms with Crippen molar-refractivity contribution in [2.45, 2.75) is 25.2 Å². The first kappa shape index (κ1) is 14.6. The summed E-state index contributed by atoms with van der Waals surface area (Å²) in [6.45, 7) is 0.0263. The molecule has 4 aromatic rings. The number of rotatable bonds is 3. The highest BCUT2D eigenvalue weighted by atomic mass is 16.5. The third kappa shape index (κ3) is 2.16. The highest BCUT2D eigenvalue weighted by molar-refractivity contribution is 6.11. The Morgan fingerprint density at radius 1 is 1.24 bits per heavy atom. The molecule has 0 radical (unpaired) electrons. The number of hydrogen-bond acceptors (Lipinski definition) is 6. The summed E-state index contributed by atoms with van der Waals surface area (Å²) in [5.74, 6) is 0.698. The Hall–Kier alpha value is -2.77. The van der Waals surface area contributed by atoms with E-state index in [0.29, 0.717) is 5.76 Å². The molecule has 2 atom stereocenters. The van der Waals surface area contributed by atoms with Gasteiger partial charge in [-0.25, -0.2) is 9.97 Å². The van der Waals surface area contributed by atoms with Gasteiger partial charge in [0.15, 0.2) is 5.76 Å². The molecule has 126 valence electrons. The second kappa shape index (κ2) is 5.65. The fourth-order valence-electron chi connectivity index (χ4n) is 3.61. The van der Waals surface area contributed by atoms with Gasteiger partial charge in [-0.05, 0) is 31.0 Å². The number of furan rings is 1. The van der Waals surface area contributed by atoms with Crippen molar-refractivity contribution in [3.63, 3.8) is 0 Å². The average Bonchev–Trinajstić information content (AvgIpc) is 3.39. The van der Waals surface area contributed by atoms with Crippen molar-refractivity contribution in [2.75, 3.05) is 6.61 Å². The van der Waals surface area contributed by atoms with Gasteiger partial charge in [-0.3, -0.25) is 9.55 Å². The standard InChI is InChI=1S/C18H16N4O3/c23-9-11-3-4-15(25-11)22-13-8-19-6-5-12(13)16-17(14-2-1-7-24-14)20-10-21-18(16)22/h1-2,5-8,10-11,15,23H,3-4,9H2. The smallest absolute Gasteiger partial charge is 0.153 e. The SMILES string of the molecule is OCC1CCC(n2c3cnccc3c3c(-c4ccco4)ncnc32)O1. The van der Waals surface area contributed by atoms with Crippen molar-refractivity contribution in [1.29, 1.82) is 0 Å². The highest BCUT2D eigenvalue weighted by Gasteiger charge is 2.30. The van der Waals surface area contributed by atoms with E-state index >= 15 is 0 Å². The van der Waals surface area contributed by atoms with Crippen LogP contribution in [-0.2, 0) is 4.74 Å². The van der Waals surface area contributed by atoms with E-state index in [9.17, 15) is 5.11 Å². The van der Waals surface area contributed by atoms with Gasteiger partial charge in [0.2, 0.25) is 0 Å². The molecule has 0 saturated carbocycles. The van der Waals surface area contributed by atoms with E-state index in [1.54, 1.807) is 18.8 Å². The van der Waals surface area contributed by atoms with Crippen molar-refractivity contribution in [1.82, 2.24) is 19.5 Å². The molecule has 5 heterocycles. The van der Waals surface area contributed by atoms with Gasteiger partial charge in [0.05, 0.1) is 36.1 Å². The maximum absolute atomic E-state index is 9.39. The lowest BCUT2D eigenvalue weighted by Gasteiger charge is -2.16. The molecule has 1 aliphatic rings. The second-order valence-corrected chi connectivity index (χ2v) is 6.13. The van der Waals surface area contributed by atoms with E-state index in [-0.39, 0.29) is 18.9 Å². The lowest BCUT2D eigenvalue weighted by atomic mass is 10.1. The Morgan fingerprint density at radius 2 is 2.20 bits per heavy atom. The van der Waals surface area contributed by atoms with Crippen molar-refractivity contribution in [3.05, 3.63) is 43.2 Å². The minimum atomic E-state index is -0.180. The van der Waals surface area contributed by atoms with Crippen LogP contribution in [0.25, 0.3) is 33.4 Å². The first-order chi connectivity index (χ1) is 12.4. The number of nitrogens with zero attached hydrogens (tertiary/aromatic N) is 4. The van der Waals surface area contributed by atoms with Gasteiger partial charge < -0.3 is 14.3 Å². The number of aliphatic hydroxyl groups is 1. The minimum absolute atomic E-state index is 0.0263. The number of pyridine rings is 1. The molecule has 0 bridgehead atoms. The summed E-state index contributed by atoms with van der Waals surface area (Å²) in [6, 6.07) is 5.69. The zero-order valence-electron chi connectivity index (χ0n) is 13.4. The quantitative estimate of drug-likeness (QED) is 0.619. The Kier molecular flexibility index (Phi) is 3.29. The van der Waals surface area contributed by atoms with E-state index in [1.165, 1.54) is 0 Å². The molecule has 0 amide bonds. The normalized spacial score (nSPS) is 20.7. The van der Waals surface area contributed by atoms with Crippen LogP contribution in [0.1, 0.15) is 19.1 Å². The van der Waals surface area contributed by atoms with Gasteiger partial charge in [-0.2, -0.15) is 0 Å². The Bertz CT molecular complexity index is 1040. The summed E-state index contributed by atoms with van der Waals surface area (Å²) < 4.78 is 13.6. The van der Waals surface area contributed by atoms with E-state index in [1.807, 2.05) is 24.4 Å². The van der Waals surface area contributed by atoms with E-state index in [0.717, 1.165) is 40.5 Å². The molecule has 4 aromatic heterocycles. The first-order valence-electron chi connectivity index (χ1n) is 8.25. The van der Waals surface area contributed by atoms with Crippen LogP contribution < -0.4 is 0 Å². The van der Waals surface area contributed by atoms with Gasteiger partial charge in [0, 0.05) is 11.6 Å². The zero-order chi connectivity index (χ0) is 16.8. The molecule has 1 fully saturated rings. The van der Waals surface area contributed by atoms with Gasteiger partial charge >= 0.3 is 0 Å². The molecule has 0 aliphatic carbocycles. The topological polar surface area (TPSA) is 86.2 Å². The lowest BCUT2D eigenvalue weighted by Crippen LogP contribution is -2.14. The Balaban J connectivity index is 1.81. The van der Waals surface area contributed by atoms with Crippen LogP contribution in [0, 0.1) is 0 Å². The molecule has 7 nitrogen and oxygen atoms in total. The zero-order valence-corrected chi connectivity index (χ0v) is 13.4. The van der Waals surface area contributed by atoms with Crippen LogP contribution >= 0.6 is 0 Å². The second-order valence-electron chi connectivity index (χ2n) is 6.13. The molecule has 1 saturated heterocycles. The van der Waals surface area contributed by atoms with Crippen molar-refractivity contribution in [3.8, 4) is 11.5 Å². The van der Waals surface area contributed by atoms with Crippen LogP contribution in [0.4, 0.5) is 0 Å². The molecular weight excluding hydrogens is 320 g/mol. The summed E-state index contributed by atoms with van der Waals surface area (Å²) in [6.07, 6.45) is 8.08. The fourth-order valence-corrected chi connectivity index (χ4v) is 3.61. The summed E-state index contributed by atoms with van der Waals surface area (Å²) in [7, 11) is 0. The van der Waals surface area contributed by atoms with Crippen LogP contribution in [0.5, 0.6) is 0 Å². The molecule has 1 N–H and O–H groups in total. The number of aliphatic hydroxyl groups excluding tert-OH is 1. The first-order valence-corrected chi connectivity index (χ1v) is 8.25. The Morgan fingerprint density at radius 3 is 3.00 bits per heavy atom. The number of hydrogen-bond donors (Lipinski definition) is 1. The van der Waals surface area contributed by atoms with Crippen LogP contribution in [0.2, 0.25) is 0 Å². The molecule has 7 heteroatoms. The highest BCUT2D eigenvalue weighted by Crippen LogP contribution is 2.39. The molecule has 1 aliphatic heterocycles. The summed E-state index contributed by atoms with van der Waals surface area (Å²) in [5, 5.41) is 11.3. The third-order valence-electron chi connectivity index (χ3n) is 4.72. The predicted octanol–water partition coefficient (Wildman–Crippen LogP) is 2.91. The van der Waals surface area contributed by atoms with E-state index in [2.05, 4.69) is 19.5 Å². The van der Waals surface area contributed by atoms with E-state index in [4.69, 9.17) is 9.15 Å². The number of aromatic nitrogens is 4. The lowest BCUT2D eigenvalue weighted by molar-refractivity contribution is -0.0186. The monoisotopic (exact) mass is 336 g/mol. The largest absolute Gasteiger partial charge is 0.463 e. The van der Waals surface area contributed by atoms with E-state index < -0.39 is 0 Å². The number of fused-ring (bicyclic) bond motifs is 3. The van der Waals surface area contributed by atoms with Gasteiger partial charge in [0.1, 0.15) is 23.9 Å². The molecule has 25 heavy (non-hydrogen) atoms. The summed E-state index contributed by atoms with van der Waals surface area (Å²) >= 11 is 0. The molecule has 5 rings (SSSR count). The van der Waals surface area contributed by atoms with Gasteiger partial charge in [-0.1, -0.05) is 0 Å². The van der Waals surface area contributed by atoms with Crippen LogP contribution in [0.3, 0.4) is 0 Å². The van der Waals surface area contributed by atoms with Crippen LogP contribution in [0.15, 0.2) is 47.6 Å². The molecule has 0 aromatic carbocycles. The average molecular weight is 336 g/mol.